The Morgan fingerprint density at radius 2 is 1.79 bits per heavy atom. The highest BCUT2D eigenvalue weighted by molar-refractivity contribution is 6.30. The molecule has 0 aliphatic carbocycles. The zero-order chi connectivity index (χ0) is 20.8. The number of aliphatic hydroxyl groups is 1. The number of aliphatic hydroxyl groups excluding tert-OH is 1. The molecule has 0 bridgehead atoms. The predicted octanol–water partition coefficient (Wildman–Crippen LogP) is 6.01. The molecule has 4 heteroatoms. The fourth-order valence-electron chi connectivity index (χ4n) is 3.61. The molecule has 0 aliphatic heterocycles. The topological polar surface area (TPSA) is 56.9 Å². The average Bonchev–Trinajstić information content (AvgIpc) is 2.76. The van der Waals surface area contributed by atoms with Crippen LogP contribution in [0.1, 0.15) is 53.3 Å². The Morgan fingerprint density at radius 3 is 2.45 bits per heavy atom. The van der Waals surface area contributed by atoms with Crippen LogP contribution in [0.15, 0.2) is 48.5 Å². The van der Waals surface area contributed by atoms with Crippen LogP contribution in [0.3, 0.4) is 0 Å². The monoisotopic (exact) mass is 404 g/mol. The van der Waals surface area contributed by atoms with E-state index < -0.39 is 0 Å². The SMILES string of the molecule is CCCCc1nc(Cl)c(C)c(CO)c1Cc1ccc(-c2ccccc2C#N)cc1. The summed E-state index contributed by atoms with van der Waals surface area (Å²) >= 11 is 6.32. The number of halogens is 1. The van der Waals surface area contributed by atoms with Gasteiger partial charge in [0.25, 0.3) is 0 Å². The first-order valence-electron chi connectivity index (χ1n) is 9.95. The maximum atomic E-state index is 9.99. The minimum Gasteiger partial charge on any atom is -0.392 e. The van der Waals surface area contributed by atoms with Gasteiger partial charge in [0.2, 0.25) is 0 Å². The molecule has 3 aromatic rings. The van der Waals surface area contributed by atoms with Gasteiger partial charge in [-0.15, -0.1) is 0 Å². The van der Waals surface area contributed by atoms with E-state index in [4.69, 9.17) is 11.6 Å². The van der Waals surface area contributed by atoms with E-state index in [1.807, 2.05) is 43.3 Å². The normalized spacial score (nSPS) is 10.7. The minimum absolute atomic E-state index is 0.0455. The molecule has 29 heavy (non-hydrogen) atoms. The highest BCUT2D eigenvalue weighted by Gasteiger charge is 2.16. The van der Waals surface area contributed by atoms with Crippen LogP contribution >= 0.6 is 11.6 Å². The molecule has 0 radical (unpaired) electrons. The van der Waals surface area contributed by atoms with Gasteiger partial charge in [-0.2, -0.15) is 5.26 Å². The highest BCUT2D eigenvalue weighted by atomic mass is 35.5. The van der Waals surface area contributed by atoms with Crippen molar-refractivity contribution in [2.45, 2.75) is 46.1 Å². The number of nitrogens with zero attached hydrogens (tertiary/aromatic N) is 2. The van der Waals surface area contributed by atoms with Gasteiger partial charge in [0, 0.05) is 5.69 Å². The van der Waals surface area contributed by atoms with Gasteiger partial charge in [0.05, 0.1) is 18.2 Å². The number of hydrogen-bond donors (Lipinski definition) is 1. The summed E-state index contributed by atoms with van der Waals surface area (Å²) in [5, 5.41) is 19.8. The Hall–Kier alpha value is -2.67. The molecule has 0 amide bonds. The van der Waals surface area contributed by atoms with E-state index in [-0.39, 0.29) is 6.61 Å². The fourth-order valence-corrected chi connectivity index (χ4v) is 3.82. The van der Waals surface area contributed by atoms with E-state index in [0.717, 1.165) is 58.3 Å². The van der Waals surface area contributed by atoms with E-state index in [9.17, 15) is 10.4 Å². The van der Waals surface area contributed by atoms with E-state index in [1.54, 1.807) is 0 Å². The molecule has 0 spiro atoms. The zero-order valence-corrected chi connectivity index (χ0v) is 17.6. The average molecular weight is 405 g/mol. The summed E-state index contributed by atoms with van der Waals surface area (Å²) in [6.45, 7) is 4.02. The Kier molecular flexibility index (Phi) is 7.04. The number of aryl methyl sites for hydroxylation is 1. The van der Waals surface area contributed by atoms with Gasteiger partial charge in [-0.3, -0.25) is 0 Å². The molecule has 0 fully saturated rings. The fraction of sp³-hybridized carbons (Fsp3) is 0.280. The predicted molar refractivity (Wildman–Crippen MR) is 118 cm³/mol. The molecule has 0 unspecified atom stereocenters. The number of nitriles is 1. The van der Waals surface area contributed by atoms with Crippen molar-refractivity contribution in [3.05, 3.63) is 87.2 Å². The molecule has 1 heterocycles. The van der Waals surface area contributed by atoms with Gasteiger partial charge < -0.3 is 5.11 Å². The molecule has 3 rings (SSSR count). The van der Waals surface area contributed by atoms with Gasteiger partial charge in [0.1, 0.15) is 5.15 Å². The standard InChI is InChI=1S/C25H25ClN2O/c1-3-4-9-24-22(23(16-29)17(2)25(26)28-24)14-18-10-12-19(13-11-18)21-8-6-5-7-20(21)15-27/h5-8,10-13,29H,3-4,9,14,16H2,1-2H3. The lowest BCUT2D eigenvalue weighted by molar-refractivity contribution is 0.279. The summed E-state index contributed by atoms with van der Waals surface area (Å²) in [6.07, 6.45) is 3.66. The smallest absolute Gasteiger partial charge is 0.132 e. The van der Waals surface area contributed by atoms with Crippen LogP contribution in [0.2, 0.25) is 5.15 Å². The van der Waals surface area contributed by atoms with E-state index in [2.05, 4.69) is 30.1 Å². The van der Waals surface area contributed by atoms with Crippen molar-refractivity contribution in [3.63, 3.8) is 0 Å². The van der Waals surface area contributed by atoms with Gasteiger partial charge in [0.15, 0.2) is 0 Å². The first-order valence-corrected chi connectivity index (χ1v) is 10.3. The third-order valence-corrected chi connectivity index (χ3v) is 5.69. The molecule has 0 saturated carbocycles. The Morgan fingerprint density at radius 1 is 1.07 bits per heavy atom. The van der Waals surface area contributed by atoms with Gasteiger partial charge in [-0.25, -0.2) is 4.98 Å². The van der Waals surface area contributed by atoms with Crippen LogP contribution in [0.25, 0.3) is 11.1 Å². The van der Waals surface area contributed by atoms with E-state index in [1.165, 1.54) is 0 Å². The quantitative estimate of drug-likeness (QED) is 0.490. The second-order valence-electron chi connectivity index (χ2n) is 7.22. The van der Waals surface area contributed by atoms with Crippen molar-refractivity contribution in [1.29, 1.82) is 5.26 Å². The minimum atomic E-state index is -0.0455. The largest absolute Gasteiger partial charge is 0.392 e. The van der Waals surface area contributed by atoms with E-state index >= 15 is 0 Å². The number of rotatable bonds is 7. The van der Waals surface area contributed by atoms with Crippen molar-refractivity contribution in [2.75, 3.05) is 0 Å². The summed E-state index contributed by atoms with van der Waals surface area (Å²) in [5.74, 6) is 0. The van der Waals surface area contributed by atoms with Gasteiger partial charge >= 0.3 is 0 Å². The Bertz CT molecular complexity index is 1040. The van der Waals surface area contributed by atoms with Gasteiger partial charge in [-0.05, 0) is 65.6 Å². The molecule has 1 aromatic heterocycles. The number of aromatic nitrogens is 1. The lowest BCUT2D eigenvalue weighted by atomic mass is 9.92. The lowest BCUT2D eigenvalue weighted by Crippen LogP contribution is -2.08. The van der Waals surface area contributed by atoms with Crippen LogP contribution in [0.5, 0.6) is 0 Å². The van der Waals surface area contributed by atoms with Crippen LogP contribution in [0.4, 0.5) is 0 Å². The third-order valence-electron chi connectivity index (χ3n) is 5.33. The first kappa shape index (κ1) is 21.0. The summed E-state index contributed by atoms with van der Waals surface area (Å²) < 4.78 is 0. The Labute approximate surface area is 177 Å². The number of pyridine rings is 1. The molecular weight excluding hydrogens is 380 g/mol. The molecule has 0 saturated heterocycles. The van der Waals surface area contributed by atoms with Crippen LogP contribution in [0, 0.1) is 18.3 Å². The van der Waals surface area contributed by atoms with Crippen molar-refractivity contribution in [1.82, 2.24) is 4.98 Å². The summed E-state index contributed by atoms with van der Waals surface area (Å²) in [7, 11) is 0. The molecule has 0 aliphatic rings. The van der Waals surface area contributed by atoms with Crippen molar-refractivity contribution in [2.24, 2.45) is 0 Å². The summed E-state index contributed by atoms with van der Waals surface area (Å²) in [5.41, 5.74) is 7.55. The van der Waals surface area contributed by atoms with Crippen LogP contribution in [-0.2, 0) is 19.4 Å². The van der Waals surface area contributed by atoms with Gasteiger partial charge in [-0.1, -0.05) is 67.4 Å². The Balaban J connectivity index is 1.96. The highest BCUT2D eigenvalue weighted by Crippen LogP contribution is 2.29. The van der Waals surface area contributed by atoms with Crippen molar-refractivity contribution in [3.8, 4) is 17.2 Å². The van der Waals surface area contributed by atoms with Crippen molar-refractivity contribution < 1.29 is 5.11 Å². The molecule has 2 aromatic carbocycles. The molecule has 3 nitrogen and oxygen atoms in total. The second-order valence-corrected chi connectivity index (χ2v) is 7.58. The number of unbranched alkanes of at least 4 members (excludes halogenated alkanes) is 1. The second kappa shape index (κ2) is 9.69. The molecular formula is C25H25ClN2O. The summed E-state index contributed by atoms with van der Waals surface area (Å²) in [6, 6.07) is 18.1. The van der Waals surface area contributed by atoms with Crippen molar-refractivity contribution >= 4 is 11.6 Å². The van der Waals surface area contributed by atoms with Crippen LogP contribution < -0.4 is 0 Å². The van der Waals surface area contributed by atoms with Crippen LogP contribution in [-0.4, -0.2) is 10.1 Å². The number of hydrogen-bond acceptors (Lipinski definition) is 3. The zero-order valence-electron chi connectivity index (χ0n) is 16.9. The first-order chi connectivity index (χ1) is 14.1. The maximum Gasteiger partial charge on any atom is 0.132 e. The third kappa shape index (κ3) is 4.67. The van der Waals surface area contributed by atoms with E-state index in [0.29, 0.717) is 17.1 Å². The maximum absolute atomic E-state index is 9.99. The molecule has 1 N–H and O–H groups in total. The number of benzene rings is 2. The summed E-state index contributed by atoms with van der Waals surface area (Å²) in [4.78, 5) is 4.62. The molecule has 0 atom stereocenters. The lowest BCUT2D eigenvalue weighted by Gasteiger charge is -2.17. The molecule has 148 valence electrons.